The summed E-state index contributed by atoms with van der Waals surface area (Å²) < 4.78 is 19.7. The van der Waals surface area contributed by atoms with Crippen molar-refractivity contribution in [1.82, 2.24) is 5.32 Å². The number of ether oxygens (including phenoxy) is 1. The van der Waals surface area contributed by atoms with Crippen molar-refractivity contribution in [2.24, 2.45) is 11.8 Å². The van der Waals surface area contributed by atoms with Gasteiger partial charge in [-0.3, -0.25) is 0 Å². The standard InChI is InChI=1S/C17H26FNO/c1-4-11-19-17(13-8-5-7-12(13)2)14-9-6-10-15(20-3)16(14)18/h6,9-10,12-13,17,19H,4-5,7-8,11H2,1-3H3. The zero-order valence-corrected chi connectivity index (χ0v) is 12.8. The predicted octanol–water partition coefficient (Wildman–Crippen LogP) is 4.31. The third-order valence-electron chi connectivity index (χ3n) is 4.52. The molecule has 1 N–H and O–H groups in total. The fourth-order valence-corrected chi connectivity index (χ4v) is 3.39. The number of benzene rings is 1. The monoisotopic (exact) mass is 279 g/mol. The van der Waals surface area contributed by atoms with Gasteiger partial charge in [-0.2, -0.15) is 0 Å². The molecule has 0 aromatic heterocycles. The Morgan fingerprint density at radius 2 is 2.20 bits per heavy atom. The van der Waals surface area contributed by atoms with Gasteiger partial charge in [0.25, 0.3) is 0 Å². The van der Waals surface area contributed by atoms with Crippen LogP contribution in [0.1, 0.15) is 51.1 Å². The predicted molar refractivity (Wildman–Crippen MR) is 80.5 cm³/mol. The Kier molecular flexibility index (Phi) is 5.41. The van der Waals surface area contributed by atoms with Gasteiger partial charge in [0.2, 0.25) is 0 Å². The maximum absolute atomic E-state index is 14.6. The average molecular weight is 279 g/mol. The lowest BCUT2D eigenvalue weighted by Crippen LogP contribution is -2.31. The fraction of sp³-hybridized carbons (Fsp3) is 0.647. The molecule has 2 nitrogen and oxygen atoms in total. The summed E-state index contributed by atoms with van der Waals surface area (Å²) in [4.78, 5) is 0. The molecule has 3 atom stereocenters. The average Bonchev–Trinajstić information content (AvgIpc) is 2.87. The lowest BCUT2D eigenvalue weighted by molar-refractivity contribution is 0.291. The molecule has 20 heavy (non-hydrogen) atoms. The van der Waals surface area contributed by atoms with Crippen LogP contribution in [-0.2, 0) is 0 Å². The van der Waals surface area contributed by atoms with E-state index in [0.29, 0.717) is 17.6 Å². The molecule has 1 aliphatic carbocycles. The topological polar surface area (TPSA) is 21.3 Å². The molecular weight excluding hydrogens is 253 g/mol. The SMILES string of the molecule is CCCNC(c1cccc(OC)c1F)C1CCCC1C. The molecule has 112 valence electrons. The molecule has 0 aliphatic heterocycles. The minimum atomic E-state index is -0.206. The summed E-state index contributed by atoms with van der Waals surface area (Å²) in [6.45, 7) is 5.35. The second-order valence-corrected chi connectivity index (χ2v) is 5.87. The van der Waals surface area contributed by atoms with Crippen molar-refractivity contribution in [3.63, 3.8) is 0 Å². The van der Waals surface area contributed by atoms with Gasteiger partial charge in [-0.05, 0) is 37.3 Å². The molecule has 0 bridgehead atoms. The summed E-state index contributed by atoms with van der Waals surface area (Å²) in [5, 5.41) is 3.55. The third-order valence-corrected chi connectivity index (χ3v) is 4.52. The molecular formula is C17H26FNO. The molecule has 1 fully saturated rings. The molecule has 3 unspecified atom stereocenters. The van der Waals surface area contributed by atoms with Crippen LogP contribution in [0, 0.1) is 17.7 Å². The van der Waals surface area contributed by atoms with E-state index in [0.717, 1.165) is 18.5 Å². The summed E-state index contributed by atoms with van der Waals surface area (Å²) in [5.41, 5.74) is 0.761. The maximum atomic E-state index is 14.6. The summed E-state index contributed by atoms with van der Waals surface area (Å²) >= 11 is 0. The molecule has 1 aromatic rings. The van der Waals surface area contributed by atoms with Crippen molar-refractivity contribution < 1.29 is 9.13 Å². The van der Waals surface area contributed by atoms with E-state index in [9.17, 15) is 4.39 Å². The Morgan fingerprint density at radius 3 is 2.80 bits per heavy atom. The van der Waals surface area contributed by atoms with E-state index in [1.165, 1.54) is 26.4 Å². The van der Waals surface area contributed by atoms with Crippen molar-refractivity contribution in [3.8, 4) is 5.75 Å². The van der Waals surface area contributed by atoms with E-state index in [1.54, 1.807) is 6.07 Å². The normalized spacial score (nSPS) is 23.8. The highest BCUT2D eigenvalue weighted by Gasteiger charge is 2.33. The van der Waals surface area contributed by atoms with E-state index in [-0.39, 0.29) is 11.9 Å². The van der Waals surface area contributed by atoms with Crippen LogP contribution >= 0.6 is 0 Å². The first-order valence-corrected chi connectivity index (χ1v) is 7.74. The van der Waals surface area contributed by atoms with Crippen LogP contribution in [0.3, 0.4) is 0 Å². The van der Waals surface area contributed by atoms with Crippen molar-refractivity contribution in [2.45, 2.75) is 45.6 Å². The van der Waals surface area contributed by atoms with E-state index in [4.69, 9.17) is 4.74 Å². The number of nitrogens with one attached hydrogen (secondary N) is 1. The number of methoxy groups -OCH3 is 1. The summed E-state index contributed by atoms with van der Waals surface area (Å²) in [7, 11) is 1.52. The van der Waals surface area contributed by atoms with Gasteiger partial charge in [-0.25, -0.2) is 4.39 Å². The van der Waals surface area contributed by atoms with Gasteiger partial charge in [-0.15, -0.1) is 0 Å². The number of halogens is 1. The van der Waals surface area contributed by atoms with Gasteiger partial charge in [0.15, 0.2) is 11.6 Å². The van der Waals surface area contributed by atoms with Crippen molar-refractivity contribution in [1.29, 1.82) is 0 Å². The molecule has 2 rings (SSSR count). The van der Waals surface area contributed by atoms with Crippen molar-refractivity contribution in [3.05, 3.63) is 29.6 Å². The Morgan fingerprint density at radius 1 is 1.40 bits per heavy atom. The van der Waals surface area contributed by atoms with Gasteiger partial charge < -0.3 is 10.1 Å². The Labute approximate surface area is 121 Å². The Hall–Kier alpha value is -1.09. The van der Waals surface area contributed by atoms with Gasteiger partial charge in [-0.1, -0.05) is 38.8 Å². The molecule has 0 heterocycles. The number of hydrogen-bond acceptors (Lipinski definition) is 2. The zero-order chi connectivity index (χ0) is 14.5. The summed E-state index contributed by atoms with van der Waals surface area (Å²) in [6, 6.07) is 5.57. The van der Waals surface area contributed by atoms with Gasteiger partial charge in [0.05, 0.1) is 7.11 Å². The van der Waals surface area contributed by atoms with Crippen molar-refractivity contribution >= 4 is 0 Å². The number of hydrogen-bond donors (Lipinski definition) is 1. The first kappa shape index (κ1) is 15.3. The van der Waals surface area contributed by atoms with Crippen LogP contribution in [0.5, 0.6) is 5.75 Å². The molecule has 1 aliphatic rings. The fourth-order valence-electron chi connectivity index (χ4n) is 3.39. The Balaban J connectivity index is 2.30. The van der Waals surface area contributed by atoms with Crippen LogP contribution in [-0.4, -0.2) is 13.7 Å². The van der Waals surface area contributed by atoms with Crippen LogP contribution in [0.15, 0.2) is 18.2 Å². The lowest BCUT2D eigenvalue weighted by Gasteiger charge is -2.29. The summed E-state index contributed by atoms with van der Waals surface area (Å²) in [5.74, 6) is 1.30. The van der Waals surface area contributed by atoms with Gasteiger partial charge >= 0.3 is 0 Å². The molecule has 0 radical (unpaired) electrons. The smallest absolute Gasteiger partial charge is 0.169 e. The van der Waals surface area contributed by atoms with Crippen LogP contribution < -0.4 is 10.1 Å². The zero-order valence-electron chi connectivity index (χ0n) is 12.8. The van der Waals surface area contributed by atoms with Crippen LogP contribution in [0.4, 0.5) is 4.39 Å². The van der Waals surface area contributed by atoms with Gasteiger partial charge in [0.1, 0.15) is 0 Å². The van der Waals surface area contributed by atoms with Crippen molar-refractivity contribution in [2.75, 3.05) is 13.7 Å². The maximum Gasteiger partial charge on any atom is 0.169 e. The minimum Gasteiger partial charge on any atom is -0.494 e. The molecule has 1 saturated carbocycles. The highest BCUT2D eigenvalue weighted by Crippen LogP contribution is 2.41. The molecule has 1 aromatic carbocycles. The quantitative estimate of drug-likeness (QED) is 0.837. The highest BCUT2D eigenvalue weighted by atomic mass is 19.1. The molecule has 0 amide bonds. The minimum absolute atomic E-state index is 0.0996. The van der Waals surface area contributed by atoms with Crippen LogP contribution in [0.25, 0.3) is 0 Å². The van der Waals surface area contributed by atoms with E-state index < -0.39 is 0 Å². The van der Waals surface area contributed by atoms with Crippen LogP contribution in [0.2, 0.25) is 0 Å². The van der Waals surface area contributed by atoms with E-state index >= 15 is 0 Å². The second kappa shape index (κ2) is 7.07. The first-order chi connectivity index (χ1) is 9.69. The van der Waals surface area contributed by atoms with E-state index in [1.807, 2.05) is 12.1 Å². The third kappa shape index (κ3) is 3.14. The second-order valence-electron chi connectivity index (χ2n) is 5.87. The summed E-state index contributed by atoms with van der Waals surface area (Å²) in [6.07, 6.45) is 4.74. The molecule has 3 heteroatoms. The largest absolute Gasteiger partial charge is 0.494 e. The number of rotatable bonds is 6. The molecule has 0 saturated heterocycles. The Bertz CT molecular complexity index is 435. The highest BCUT2D eigenvalue weighted by molar-refractivity contribution is 5.33. The van der Waals surface area contributed by atoms with E-state index in [2.05, 4.69) is 19.2 Å². The lowest BCUT2D eigenvalue weighted by atomic mass is 9.85. The first-order valence-electron chi connectivity index (χ1n) is 7.74. The molecule has 0 spiro atoms. The van der Waals surface area contributed by atoms with Gasteiger partial charge in [0, 0.05) is 11.6 Å².